The predicted molar refractivity (Wildman–Crippen MR) is 64.2 cm³/mol. The number of alkyl halides is 1. The summed E-state index contributed by atoms with van der Waals surface area (Å²) in [6, 6.07) is 0. The van der Waals surface area contributed by atoms with Crippen LogP contribution in [0.2, 0.25) is 0 Å². The number of halogens is 1. The fraction of sp³-hybridized carbons (Fsp3) is 0.917. The molecule has 4 nitrogen and oxygen atoms in total. The Kier molecular flexibility index (Phi) is 4.74. The van der Waals surface area contributed by atoms with Crippen molar-refractivity contribution < 1.29 is 13.9 Å². The molecule has 0 saturated carbocycles. The van der Waals surface area contributed by atoms with Crippen LogP contribution in [0.25, 0.3) is 0 Å². The van der Waals surface area contributed by atoms with Gasteiger partial charge in [0.05, 0.1) is 0 Å². The smallest absolute Gasteiger partial charge is 0.411 e. The second-order valence-electron chi connectivity index (χ2n) is 5.66. The molecule has 0 radical (unpaired) electrons. The van der Waals surface area contributed by atoms with Crippen LogP contribution in [0.5, 0.6) is 0 Å². The van der Waals surface area contributed by atoms with Crippen LogP contribution in [0.15, 0.2) is 0 Å². The van der Waals surface area contributed by atoms with Gasteiger partial charge in [-0.2, -0.15) is 0 Å². The first-order valence-corrected chi connectivity index (χ1v) is 6.17. The van der Waals surface area contributed by atoms with Gasteiger partial charge in [0.1, 0.15) is 0 Å². The van der Waals surface area contributed by atoms with Crippen LogP contribution in [0.4, 0.5) is 9.18 Å². The molecule has 1 heterocycles. The van der Waals surface area contributed by atoms with E-state index in [4.69, 9.17) is 10.5 Å². The monoisotopic (exact) mass is 246 g/mol. The van der Waals surface area contributed by atoms with Crippen molar-refractivity contribution in [2.75, 3.05) is 13.1 Å². The standard InChI is InChI=1S/C12H23FN2O2/c1-12(2,3)9(13)10(14)17-11(16)15-7-5-4-6-8-15/h9-10H,4-8,14H2,1-3H3/t9?,10-/m1/s1. The molecule has 0 aromatic rings. The topological polar surface area (TPSA) is 55.6 Å². The Balaban J connectivity index is 2.44. The average molecular weight is 246 g/mol. The van der Waals surface area contributed by atoms with E-state index in [0.29, 0.717) is 13.1 Å². The number of hydrogen-bond donors (Lipinski definition) is 1. The molecule has 0 aromatic heterocycles. The van der Waals surface area contributed by atoms with Gasteiger partial charge in [-0.05, 0) is 24.7 Å². The summed E-state index contributed by atoms with van der Waals surface area (Å²) in [5, 5.41) is 0. The number of piperidine rings is 1. The van der Waals surface area contributed by atoms with Crippen LogP contribution in [0.3, 0.4) is 0 Å². The number of hydrogen-bond acceptors (Lipinski definition) is 3. The highest BCUT2D eigenvalue weighted by Crippen LogP contribution is 2.25. The molecule has 1 aliphatic heterocycles. The number of nitrogens with two attached hydrogens (primary N) is 1. The molecule has 5 heteroatoms. The molecule has 2 N–H and O–H groups in total. The molecule has 1 rings (SSSR count). The number of ether oxygens (including phenoxy) is 1. The maximum Gasteiger partial charge on any atom is 0.411 e. The quantitative estimate of drug-likeness (QED) is 0.760. The van der Waals surface area contributed by atoms with E-state index in [1.807, 2.05) is 0 Å². The molecule has 1 amide bonds. The Labute approximate surface area is 102 Å². The highest BCUT2D eigenvalue weighted by molar-refractivity contribution is 5.67. The van der Waals surface area contributed by atoms with Crippen molar-refractivity contribution in [2.24, 2.45) is 11.1 Å². The number of rotatable bonds is 2. The normalized spacial score (nSPS) is 20.9. The van der Waals surface area contributed by atoms with E-state index in [0.717, 1.165) is 19.3 Å². The molecule has 0 aliphatic carbocycles. The maximum absolute atomic E-state index is 13.8. The minimum Gasteiger partial charge on any atom is -0.427 e. The SMILES string of the molecule is CC(C)(C)C(F)[C@H](N)OC(=O)N1CCCCC1. The summed E-state index contributed by atoms with van der Waals surface area (Å²) in [7, 11) is 0. The Morgan fingerprint density at radius 3 is 2.29 bits per heavy atom. The second kappa shape index (κ2) is 5.67. The summed E-state index contributed by atoms with van der Waals surface area (Å²) in [5.74, 6) is 0. The summed E-state index contributed by atoms with van der Waals surface area (Å²) in [6.45, 7) is 6.54. The Hall–Kier alpha value is -0.840. The van der Waals surface area contributed by atoms with Crippen LogP contribution in [-0.2, 0) is 4.74 Å². The first-order valence-electron chi connectivity index (χ1n) is 6.17. The third-order valence-corrected chi connectivity index (χ3v) is 2.97. The van der Waals surface area contributed by atoms with E-state index < -0.39 is 23.9 Å². The lowest BCUT2D eigenvalue weighted by atomic mass is 9.89. The zero-order chi connectivity index (χ0) is 13.1. The van der Waals surface area contributed by atoms with E-state index in [-0.39, 0.29) is 0 Å². The molecule has 1 unspecified atom stereocenters. The van der Waals surface area contributed by atoms with Crippen molar-refractivity contribution in [2.45, 2.75) is 52.4 Å². The molecular formula is C12H23FN2O2. The molecule has 100 valence electrons. The molecule has 0 spiro atoms. The first kappa shape index (κ1) is 14.2. The fourth-order valence-corrected chi connectivity index (χ4v) is 1.82. The average Bonchev–Trinajstić information content (AvgIpc) is 2.27. The van der Waals surface area contributed by atoms with Gasteiger partial charge in [-0.3, -0.25) is 5.73 Å². The molecular weight excluding hydrogens is 223 g/mol. The van der Waals surface area contributed by atoms with Crippen molar-refractivity contribution in [3.63, 3.8) is 0 Å². The van der Waals surface area contributed by atoms with Gasteiger partial charge < -0.3 is 9.64 Å². The van der Waals surface area contributed by atoms with E-state index in [9.17, 15) is 9.18 Å². The van der Waals surface area contributed by atoms with Crippen molar-refractivity contribution in [3.8, 4) is 0 Å². The third kappa shape index (κ3) is 4.15. The molecule has 1 fully saturated rings. The largest absolute Gasteiger partial charge is 0.427 e. The van der Waals surface area contributed by atoms with Gasteiger partial charge in [-0.15, -0.1) is 0 Å². The number of carbonyl (C=O) groups excluding carboxylic acids is 1. The van der Waals surface area contributed by atoms with E-state index in [1.165, 1.54) is 0 Å². The molecule has 1 saturated heterocycles. The zero-order valence-corrected chi connectivity index (χ0v) is 10.9. The number of carbonyl (C=O) groups is 1. The van der Waals surface area contributed by atoms with Crippen molar-refractivity contribution in [1.82, 2.24) is 4.90 Å². The van der Waals surface area contributed by atoms with Crippen LogP contribution in [-0.4, -0.2) is 36.5 Å². The predicted octanol–water partition coefficient (Wildman–Crippen LogP) is 2.28. The van der Waals surface area contributed by atoms with Crippen LogP contribution < -0.4 is 5.73 Å². The second-order valence-corrected chi connectivity index (χ2v) is 5.66. The van der Waals surface area contributed by atoms with Gasteiger partial charge in [0, 0.05) is 13.1 Å². The maximum atomic E-state index is 13.8. The third-order valence-electron chi connectivity index (χ3n) is 2.97. The molecule has 17 heavy (non-hydrogen) atoms. The van der Waals surface area contributed by atoms with Gasteiger partial charge in [0.25, 0.3) is 0 Å². The molecule has 2 atom stereocenters. The first-order chi connectivity index (χ1) is 7.82. The lowest BCUT2D eigenvalue weighted by Gasteiger charge is -2.31. The van der Waals surface area contributed by atoms with Gasteiger partial charge in [-0.25, -0.2) is 9.18 Å². The summed E-state index contributed by atoms with van der Waals surface area (Å²) in [4.78, 5) is 13.3. The lowest BCUT2D eigenvalue weighted by molar-refractivity contribution is -0.0140. The van der Waals surface area contributed by atoms with Gasteiger partial charge in [0.2, 0.25) is 0 Å². The minimum atomic E-state index is -1.36. The summed E-state index contributed by atoms with van der Waals surface area (Å²) >= 11 is 0. The Bertz CT molecular complexity index is 260. The van der Waals surface area contributed by atoms with Crippen molar-refractivity contribution in [3.05, 3.63) is 0 Å². The van der Waals surface area contributed by atoms with Gasteiger partial charge in [0.15, 0.2) is 12.4 Å². The minimum absolute atomic E-state index is 0.496. The summed E-state index contributed by atoms with van der Waals surface area (Å²) < 4.78 is 18.8. The molecule has 1 aliphatic rings. The lowest BCUT2D eigenvalue weighted by Crippen LogP contribution is -2.47. The van der Waals surface area contributed by atoms with Gasteiger partial charge >= 0.3 is 6.09 Å². The number of nitrogens with zero attached hydrogens (tertiary/aromatic N) is 1. The van der Waals surface area contributed by atoms with Crippen LogP contribution in [0, 0.1) is 5.41 Å². The summed E-state index contributed by atoms with van der Waals surface area (Å²) in [5.41, 5.74) is 4.94. The highest BCUT2D eigenvalue weighted by atomic mass is 19.1. The number of amides is 1. The van der Waals surface area contributed by atoms with Crippen LogP contribution >= 0.6 is 0 Å². The Morgan fingerprint density at radius 1 is 1.29 bits per heavy atom. The zero-order valence-electron chi connectivity index (χ0n) is 10.9. The van der Waals surface area contributed by atoms with E-state index in [1.54, 1.807) is 25.7 Å². The van der Waals surface area contributed by atoms with E-state index in [2.05, 4.69) is 0 Å². The molecule has 0 aromatic carbocycles. The van der Waals surface area contributed by atoms with E-state index >= 15 is 0 Å². The number of likely N-dealkylation sites (tertiary alicyclic amines) is 1. The highest BCUT2D eigenvalue weighted by Gasteiger charge is 2.33. The Morgan fingerprint density at radius 2 is 1.82 bits per heavy atom. The molecule has 0 bridgehead atoms. The van der Waals surface area contributed by atoms with Gasteiger partial charge in [-0.1, -0.05) is 20.8 Å². The van der Waals surface area contributed by atoms with Crippen LogP contribution in [0.1, 0.15) is 40.0 Å². The van der Waals surface area contributed by atoms with Crippen molar-refractivity contribution in [1.29, 1.82) is 0 Å². The van der Waals surface area contributed by atoms with Crippen molar-refractivity contribution >= 4 is 6.09 Å². The fourth-order valence-electron chi connectivity index (χ4n) is 1.82. The summed E-state index contributed by atoms with van der Waals surface area (Å²) in [6.07, 6.45) is 0.0271.